The monoisotopic (exact) mass is 408 g/mol. The molecular weight excluding hydrogens is 387 g/mol. The number of methoxy groups -OCH3 is 1. The lowest BCUT2D eigenvalue weighted by atomic mass is 10.1. The minimum atomic E-state index is -0.339. The average molecular weight is 409 g/mol. The molecule has 0 aromatic heterocycles. The number of hydrogen-bond acceptors (Lipinski definition) is 3. The number of amides is 2. The van der Waals surface area contributed by atoms with Crippen molar-refractivity contribution in [2.45, 2.75) is 20.0 Å². The summed E-state index contributed by atoms with van der Waals surface area (Å²) >= 11 is 12.0. The van der Waals surface area contributed by atoms with Crippen LogP contribution in [-0.2, 0) is 16.1 Å². The standard InChI is InChI=1S/C20H22Cl2N2O3/c1-3-9-24(20(26)15-6-4-5-14(10-15)13-27-2)12-19(25)23-18-11-16(21)7-8-17(18)22/h4-8,10-11H,3,9,12-13H2,1-2H3,(H,23,25). The maximum absolute atomic E-state index is 12.9. The molecule has 0 aliphatic heterocycles. The molecule has 2 aromatic rings. The van der Waals surface area contributed by atoms with Gasteiger partial charge in [0.25, 0.3) is 5.91 Å². The van der Waals surface area contributed by atoms with E-state index in [1.165, 1.54) is 4.90 Å². The predicted octanol–water partition coefficient (Wildman–Crippen LogP) is 4.63. The molecule has 1 N–H and O–H groups in total. The van der Waals surface area contributed by atoms with E-state index < -0.39 is 0 Å². The molecule has 144 valence electrons. The van der Waals surface area contributed by atoms with E-state index in [1.807, 2.05) is 13.0 Å². The highest BCUT2D eigenvalue weighted by atomic mass is 35.5. The van der Waals surface area contributed by atoms with Crippen molar-refractivity contribution >= 4 is 40.7 Å². The van der Waals surface area contributed by atoms with E-state index in [0.717, 1.165) is 12.0 Å². The fourth-order valence-corrected chi connectivity index (χ4v) is 2.96. The summed E-state index contributed by atoms with van der Waals surface area (Å²) in [7, 11) is 1.60. The van der Waals surface area contributed by atoms with Crippen LogP contribution >= 0.6 is 23.2 Å². The molecule has 0 aliphatic rings. The van der Waals surface area contributed by atoms with Crippen molar-refractivity contribution in [2.75, 3.05) is 25.5 Å². The number of anilines is 1. The van der Waals surface area contributed by atoms with Gasteiger partial charge in [0, 0.05) is 24.2 Å². The van der Waals surface area contributed by atoms with Crippen LogP contribution in [0.25, 0.3) is 0 Å². The SMILES string of the molecule is CCCN(CC(=O)Nc1cc(Cl)ccc1Cl)C(=O)c1cccc(COC)c1. The minimum Gasteiger partial charge on any atom is -0.380 e. The Labute approximate surface area is 169 Å². The Morgan fingerprint density at radius 3 is 2.63 bits per heavy atom. The molecule has 2 rings (SSSR count). The second-order valence-corrected chi connectivity index (χ2v) is 6.88. The van der Waals surface area contributed by atoms with E-state index in [9.17, 15) is 9.59 Å². The Morgan fingerprint density at radius 2 is 1.93 bits per heavy atom. The number of benzene rings is 2. The van der Waals surface area contributed by atoms with Crippen LogP contribution in [-0.4, -0.2) is 36.9 Å². The zero-order valence-corrected chi connectivity index (χ0v) is 16.8. The highest BCUT2D eigenvalue weighted by Crippen LogP contribution is 2.25. The molecule has 0 atom stereocenters. The molecule has 0 aliphatic carbocycles. The number of ether oxygens (including phenoxy) is 1. The Hall–Kier alpha value is -2.08. The van der Waals surface area contributed by atoms with Crippen LogP contribution in [0.5, 0.6) is 0 Å². The van der Waals surface area contributed by atoms with Gasteiger partial charge in [0.05, 0.1) is 17.3 Å². The van der Waals surface area contributed by atoms with Gasteiger partial charge in [0.2, 0.25) is 5.91 Å². The maximum Gasteiger partial charge on any atom is 0.254 e. The summed E-state index contributed by atoms with van der Waals surface area (Å²) in [6.45, 7) is 2.75. The van der Waals surface area contributed by atoms with Crippen LogP contribution in [0.15, 0.2) is 42.5 Å². The van der Waals surface area contributed by atoms with Gasteiger partial charge in [0.15, 0.2) is 0 Å². The Morgan fingerprint density at radius 1 is 1.15 bits per heavy atom. The third-order valence-electron chi connectivity index (χ3n) is 3.80. The molecule has 0 saturated carbocycles. The first-order chi connectivity index (χ1) is 12.9. The molecule has 2 amide bonds. The summed E-state index contributed by atoms with van der Waals surface area (Å²) in [5, 5.41) is 3.56. The quantitative estimate of drug-likeness (QED) is 0.692. The van der Waals surface area contributed by atoms with Gasteiger partial charge in [0.1, 0.15) is 6.54 Å². The fourth-order valence-electron chi connectivity index (χ4n) is 2.62. The lowest BCUT2D eigenvalue weighted by Crippen LogP contribution is -2.38. The number of carbonyl (C=O) groups is 2. The molecule has 0 heterocycles. The van der Waals surface area contributed by atoms with Crippen LogP contribution in [0.3, 0.4) is 0 Å². The first-order valence-electron chi connectivity index (χ1n) is 8.56. The van der Waals surface area contributed by atoms with E-state index in [4.69, 9.17) is 27.9 Å². The van der Waals surface area contributed by atoms with Crippen molar-refractivity contribution in [3.63, 3.8) is 0 Å². The van der Waals surface area contributed by atoms with Crippen LogP contribution in [0.2, 0.25) is 10.0 Å². The summed E-state index contributed by atoms with van der Waals surface area (Å²) in [5.74, 6) is -0.545. The van der Waals surface area contributed by atoms with Crippen LogP contribution in [0.1, 0.15) is 29.3 Å². The smallest absolute Gasteiger partial charge is 0.254 e. The lowest BCUT2D eigenvalue weighted by molar-refractivity contribution is -0.116. The van der Waals surface area contributed by atoms with E-state index in [0.29, 0.717) is 34.4 Å². The molecule has 0 radical (unpaired) electrons. The first-order valence-corrected chi connectivity index (χ1v) is 9.32. The Kier molecular flexibility index (Phi) is 8.10. The molecule has 27 heavy (non-hydrogen) atoms. The fraction of sp³-hybridized carbons (Fsp3) is 0.300. The average Bonchev–Trinajstić information content (AvgIpc) is 2.64. The van der Waals surface area contributed by atoms with Crippen LogP contribution in [0, 0.1) is 0 Å². The second-order valence-electron chi connectivity index (χ2n) is 6.03. The lowest BCUT2D eigenvalue weighted by Gasteiger charge is -2.22. The van der Waals surface area contributed by atoms with Gasteiger partial charge in [-0.3, -0.25) is 9.59 Å². The maximum atomic E-state index is 12.9. The third-order valence-corrected chi connectivity index (χ3v) is 4.37. The van der Waals surface area contributed by atoms with Gasteiger partial charge in [-0.25, -0.2) is 0 Å². The highest BCUT2D eigenvalue weighted by Gasteiger charge is 2.19. The molecule has 7 heteroatoms. The topological polar surface area (TPSA) is 58.6 Å². The number of nitrogens with zero attached hydrogens (tertiary/aromatic N) is 1. The van der Waals surface area contributed by atoms with Gasteiger partial charge < -0.3 is 15.0 Å². The van der Waals surface area contributed by atoms with Crippen LogP contribution < -0.4 is 5.32 Å². The Bertz CT molecular complexity index is 812. The van der Waals surface area contributed by atoms with Crippen molar-refractivity contribution in [2.24, 2.45) is 0 Å². The van der Waals surface area contributed by atoms with E-state index in [2.05, 4.69) is 5.32 Å². The molecule has 5 nitrogen and oxygen atoms in total. The van der Waals surface area contributed by atoms with Crippen molar-refractivity contribution < 1.29 is 14.3 Å². The molecular formula is C20H22Cl2N2O3. The summed E-state index contributed by atoms with van der Waals surface area (Å²) in [6.07, 6.45) is 0.731. The summed E-state index contributed by atoms with van der Waals surface area (Å²) in [6, 6.07) is 12.0. The molecule has 0 unspecified atom stereocenters. The first kappa shape index (κ1) is 21.2. The van der Waals surface area contributed by atoms with Crippen molar-refractivity contribution in [3.05, 3.63) is 63.6 Å². The molecule has 2 aromatic carbocycles. The molecule has 0 spiro atoms. The molecule has 0 fully saturated rings. The van der Waals surface area contributed by atoms with E-state index >= 15 is 0 Å². The van der Waals surface area contributed by atoms with E-state index in [-0.39, 0.29) is 18.4 Å². The van der Waals surface area contributed by atoms with Crippen LogP contribution in [0.4, 0.5) is 5.69 Å². The summed E-state index contributed by atoms with van der Waals surface area (Å²) in [4.78, 5) is 26.8. The summed E-state index contributed by atoms with van der Waals surface area (Å²) in [5.41, 5.74) is 1.83. The molecule has 0 saturated heterocycles. The van der Waals surface area contributed by atoms with E-state index in [1.54, 1.807) is 43.5 Å². The van der Waals surface area contributed by atoms with Gasteiger partial charge in [-0.15, -0.1) is 0 Å². The number of hydrogen-bond donors (Lipinski definition) is 1. The number of halogens is 2. The minimum absolute atomic E-state index is 0.0793. The van der Waals surface area contributed by atoms with Gasteiger partial charge in [-0.05, 0) is 42.3 Å². The number of carbonyl (C=O) groups excluding carboxylic acids is 2. The van der Waals surface area contributed by atoms with Gasteiger partial charge in [-0.2, -0.15) is 0 Å². The van der Waals surface area contributed by atoms with Gasteiger partial charge >= 0.3 is 0 Å². The third kappa shape index (κ3) is 6.24. The second kappa shape index (κ2) is 10.3. The zero-order chi connectivity index (χ0) is 19.8. The predicted molar refractivity (Wildman–Crippen MR) is 108 cm³/mol. The Balaban J connectivity index is 2.11. The van der Waals surface area contributed by atoms with Crippen molar-refractivity contribution in [1.29, 1.82) is 0 Å². The summed E-state index contributed by atoms with van der Waals surface area (Å²) < 4.78 is 5.11. The largest absolute Gasteiger partial charge is 0.380 e. The molecule has 0 bridgehead atoms. The number of nitrogens with one attached hydrogen (secondary N) is 1. The number of rotatable bonds is 8. The van der Waals surface area contributed by atoms with Gasteiger partial charge in [-0.1, -0.05) is 42.3 Å². The normalized spacial score (nSPS) is 10.5. The van der Waals surface area contributed by atoms with Crippen molar-refractivity contribution in [3.8, 4) is 0 Å². The van der Waals surface area contributed by atoms with Crippen molar-refractivity contribution in [1.82, 2.24) is 4.90 Å². The highest BCUT2D eigenvalue weighted by molar-refractivity contribution is 6.35. The zero-order valence-electron chi connectivity index (χ0n) is 15.3.